The third-order valence-corrected chi connectivity index (χ3v) is 6.04. The van der Waals surface area contributed by atoms with E-state index < -0.39 is 16.9 Å². The number of aromatic nitrogens is 1. The number of fused-ring (bicyclic) bond motifs is 4. The maximum absolute atomic E-state index is 13.8. The summed E-state index contributed by atoms with van der Waals surface area (Å²) in [5.74, 6) is 0.0682. The van der Waals surface area contributed by atoms with Gasteiger partial charge in [-0.1, -0.05) is 35.5 Å². The molecule has 166 valence electrons. The molecule has 1 amide bonds. The first kappa shape index (κ1) is 19.9. The molecule has 3 heterocycles. The fourth-order valence-electron chi connectivity index (χ4n) is 4.50. The van der Waals surface area contributed by atoms with Gasteiger partial charge < -0.3 is 8.94 Å². The van der Waals surface area contributed by atoms with Crippen molar-refractivity contribution >= 4 is 39.2 Å². The van der Waals surface area contributed by atoms with E-state index in [4.69, 9.17) is 8.94 Å². The van der Waals surface area contributed by atoms with Gasteiger partial charge in [-0.25, -0.2) is 0 Å². The van der Waals surface area contributed by atoms with E-state index in [1.54, 1.807) is 19.1 Å². The van der Waals surface area contributed by atoms with Crippen LogP contribution in [0.5, 0.6) is 0 Å². The molecule has 0 aliphatic carbocycles. The second-order valence-corrected chi connectivity index (χ2v) is 8.06. The first-order valence-corrected chi connectivity index (χ1v) is 10.4. The lowest BCUT2D eigenvalue weighted by atomic mass is 9.97. The summed E-state index contributed by atoms with van der Waals surface area (Å²) >= 11 is 0. The fourth-order valence-corrected chi connectivity index (χ4v) is 4.50. The summed E-state index contributed by atoms with van der Waals surface area (Å²) in [6.07, 6.45) is 0. The molecule has 1 aliphatic heterocycles. The highest BCUT2D eigenvalue weighted by atomic mass is 16.6. The van der Waals surface area contributed by atoms with Crippen molar-refractivity contribution in [3.63, 3.8) is 0 Å². The van der Waals surface area contributed by atoms with Crippen LogP contribution in [0.1, 0.15) is 33.5 Å². The number of non-ortho nitro benzene ring substituents is 1. The Balaban J connectivity index is 1.65. The standard InChI is InChI=1S/C25H15N3O6/c1-13-12-19(26-34-13)27-21(15-6-9-16(10-7-15)28(31)32)20-22(29)18-11-8-14-4-2-3-5-17(14)23(18)33-24(20)25(27)30/h2-12,21H,1H3/t21-/m0/s1. The van der Waals surface area contributed by atoms with Gasteiger partial charge in [-0.3, -0.25) is 24.6 Å². The minimum atomic E-state index is -0.889. The van der Waals surface area contributed by atoms with E-state index in [1.807, 2.05) is 30.3 Å². The van der Waals surface area contributed by atoms with Crippen LogP contribution >= 0.6 is 0 Å². The average molecular weight is 453 g/mol. The number of aryl methyl sites for hydroxylation is 1. The smallest absolute Gasteiger partial charge is 0.296 e. The zero-order valence-electron chi connectivity index (χ0n) is 17.7. The molecular formula is C25H15N3O6. The second kappa shape index (κ2) is 7.11. The number of carbonyl (C=O) groups excluding carboxylic acids is 1. The Kier molecular flexibility index (Phi) is 4.15. The number of rotatable bonds is 3. The number of nitro benzene ring substituents is 1. The van der Waals surface area contributed by atoms with Crippen LogP contribution in [0.3, 0.4) is 0 Å². The normalized spacial score (nSPS) is 15.3. The van der Waals surface area contributed by atoms with Crippen LogP contribution in [0.2, 0.25) is 0 Å². The quantitative estimate of drug-likeness (QED) is 0.216. The zero-order valence-corrected chi connectivity index (χ0v) is 17.7. The Bertz CT molecular complexity index is 1700. The van der Waals surface area contributed by atoms with E-state index in [-0.39, 0.29) is 28.3 Å². The van der Waals surface area contributed by atoms with E-state index in [1.165, 1.54) is 29.2 Å². The summed E-state index contributed by atoms with van der Waals surface area (Å²) in [7, 11) is 0. The van der Waals surface area contributed by atoms with Crippen molar-refractivity contribution in [2.75, 3.05) is 4.90 Å². The summed E-state index contributed by atoms with van der Waals surface area (Å²) in [6, 6.07) is 17.4. The number of amides is 1. The Hall–Kier alpha value is -4.79. The predicted molar refractivity (Wildman–Crippen MR) is 123 cm³/mol. The van der Waals surface area contributed by atoms with Crippen molar-refractivity contribution in [3.8, 4) is 0 Å². The minimum absolute atomic E-state index is 0.0853. The van der Waals surface area contributed by atoms with Gasteiger partial charge in [-0.05, 0) is 36.1 Å². The topological polar surface area (TPSA) is 120 Å². The molecule has 9 heteroatoms. The fraction of sp³-hybridized carbons (Fsp3) is 0.0800. The van der Waals surface area contributed by atoms with Crippen molar-refractivity contribution in [1.29, 1.82) is 0 Å². The second-order valence-electron chi connectivity index (χ2n) is 8.06. The van der Waals surface area contributed by atoms with E-state index >= 15 is 0 Å². The predicted octanol–water partition coefficient (Wildman–Crippen LogP) is 4.90. The van der Waals surface area contributed by atoms with Gasteiger partial charge in [0.15, 0.2) is 11.2 Å². The number of anilines is 1. The molecule has 0 bridgehead atoms. The van der Waals surface area contributed by atoms with Gasteiger partial charge in [-0.15, -0.1) is 0 Å². The first-order valence-electron chi connectivity index (χ1n) is 10.4. The molecule has 2 aromatic heterocycles. The molecule has 1 atom stereocenters. The molecule has 1 aliphatic rings. The Morgan fingerprint density at radius 1 is 1.00 bits per heavy atom. The van der Waals surface area contributed by atoms with Crippen molar-refractivity contribution in [2.24, 2.45) is 0 Å². The Morgan fingerprint density at radius 2 is 1.76 bits per heavy atom. The first-order chi connectivity index (χ1) is 16.4. The Morgan fingerprint density at radius 3 is 2.47 bits per heavy atom. The summed E-state index contributed by atoms with van der Waals surface area (Å²) in [4.78, 5) is 39.3. The molecule has 0 saturated heterocycles. The largest absolute Gasteiger partial charge is 0.450 e. The third-order valence-electron chi connectivity index (χ3n) is 6.04. The molecule has 3 aromatic carbocycles. The molecule has 34 heavy (non-hydrogen) atoms. The highest BCUT2D eigenvalue weighted by Crippen LogP contribution is 2.42. The third kappa shape index (κ3) is 2.77. The van der Waals surface area contributed by atoms with Gasteiger partial charge >= 0.3 is 0 Å². The average Bonchev–Trinajstić information content (AvgIpc) is 3.40. The van der Waals surface area contributed by atoms with Crippen LogP contribution in [0.25, 0.3) is 21.7 Å². The molecule has 0 N–H and O–H groups in total. The van der Waals surface area contributed by atoms with Gasteiger partial charge in [0.2, 0.25) is 5.76 Å². The van der Waals surface area contributed by atoms with Crippen LogP contribution < -0.4 is 10.3 Å². The molecular weight excluding hydrogens is 438 g/mol. The van der Waals surface area contributed by atoms with Crippen LogP contribution in [0.4, 0.5) is 11.5 Å². The van der Waals surface area contributed by atoms with Crippen molar-refractivity contribution in [3.05, 3.63) is 110 Å². The van der Waals surface area contributed by atoms with E-state index in [9.17, 15) is 19.7 Å². The lowest BCUT2D eigenvalue weighted by molar-refractivity contribution is -0.384. The van der Waals surface area contributed by atoms with Crippen LogP contribution in [0, 0.1) is 17.0 Å². The molecule has 9 nitrogen and oxygen atoms in total. The maximum Gasteiger partial charge on any atom is 0.296 e. The number of hydrogen-bond donors (Lipinski definition) is 0. The van der Waals surface area contributed by atoms with Gasteiger partial charge in [-0.2, -0.15) is 0 Å². The molecule has 5 aromatic rings. The monoisotopic (exact) mass is 453 g/mol. The number of carbonyl (C=O) groups is 1. The summed E-state index contributed by atoms with van der Waals surface area (Å²) in [6.45, 7) is 1.69. The van der Waals surface area contributed by atoms with E-state index in [0.29, 0.717) is 22.3 Å². The van der Waals surface area contributed by atoms with Crippen molar-refractivity contribution < 1.29 is 18.7 Å². The lowest BCUT2D eigenvalue weighted by Gasteiger charge is -2.22. The summed E-state index contributed by atoms with van der Waals surface area (Å²) in [5, 5.41) is 17.0. The summed E-state index contributed by atoms with van der Waals surface area (Å²) < 4.78 is 11.3. The molecule has 0 radical (unpaired) electrons. The van der Waals surface area contributed by atoms with Gasteiger partial charge in [0.05, 0.1) is 21.9 Å². The van der Waals surface area contributed by atoms with Gasteiger partial charge in [0, 0.05) is 23.6 Å². The zero-order chi connectivity index (χ0) is 23.6. The molecule has 0 fully saturated rings. The Labute approximate surface area is 191 Å². The van der Waals surface area contributed by atoms with Crippen LogP contribution in [-0.2, 0) is 0 Å². The van der Waals surface area contributed by atoms with Crippen LogP contribution in [-0.4, -0.2) is 16.0 Å². The number of nitrogens with zero attached hydrogens (tertiary/aromatic N) is 3. The molecule has 0 spiro atoms. The van der Waals surface area contributed by atoms with E-state index in [0.717, 1.165) is 10.8 Å². The molecule has 0 unspecified atom stereocenters. The van der Waals surface area contributed by atoms with Crippen LogP contribution in [0.15, 0.2) is 80.5 Å². The molecule has 0 saturated carbocycles. The van der Waals surface area contributed by atoms with Gasteiger partial charge in [0.1, 0.15) is 11.3 Å². The minimum Gasteiger partial charge on any atom is -0.450 e. The lowest BCUT2D eigenvalue weighted by Crippen LogP contribution is -2.29. The highest BCUT2D eigenvalue weighted by molar-refractivity contribution is 6.12. The van der Waals surface area contributed by atoms with Crippen molar-refractivity contribution in [1.82, 2.24) is 5.16 Å². The highest BCUT2D eigenvalue weighted by Gasteiger charge is 2.45. The SMILES string of the molecule is Cc1cc(N2C(=O)c3oc4c(ccc5ccccc54)c(=O)c3[C@@H]2c2ccc([N+](=O)[O-])cc2)no1. The maximum atomic E-state index is 13.8. The van der Waals surface area contributed by atoms with Crippen molar-refractivity contribution in [2.45, 2.75) is 13.0 Å². The number of nitro groups is 1. The number of benzene rings is 3. The summed E-state index contributed by atoms with van der Waals surface area (Å²) in [5.41, 5.74) is 0.541. The number of hydrogen-bond acceptors (Lipinski definition) is 7. The van der Waals surface area contributed by atoms with Gasteiger partial charge in [0.25, 0.3) is 11.6 Å². The van der Waals surface area contributed by atoms with E-state index in [2.05, 4.69) is 5.16 Å². The molecule has 6 rings (SSSR count).